The van der Waals surface area contributed by atoms with Crippen LogP contribution in [0.1, 0.15) is 23.6 Å². The van der Waals surface area contributed by atoms with Crippen molar-refractivity contribution in [3.63, 3.8) is 0 Å². The number of sulfone groups is 1. The fourth-order valence-corrected chi connectivity index (χ4v) is 4.24. The van der Waals surface area contributed by atoms with Gasteiger partial charge in [-0.2, -0.15) is 5.26 Å². The number of anilines is 1. The molecule has 0 saturated carbocycles. The van der Waals surface area contributed by atoms with E-state index in [1.165, 1.54) is 6.08 Å². The van der Waals surface area contributed by atoms with E-state index in [1.807, 2.05) is 44.2 Å². The van der Waals surface area contributed by atoms with E-state index in [0.29, 0.717) is 41.6 Å². The lowest BCUT2D eigenvalue weighted by atomic mass is 10.1. The van der Waals surface area contributed by atoms with E-state index in [9.17, 15) is 18.5 Å². The number of aromatic nitrogens is 2. The molecule has 1 amide bonds. The Bertz CT molecular complexity index is 1360. The summed E-state index contributed by atoms with van der Waals surface area (Å²) in [5.74, 6) is 0.268. The van der Waals surface area contributed by atoms with E-state index in [1.54, 1.807) is 18.2 Å². The second-order valence-electron chi connectivity index (χ2n) is 7.18. The van der Waals surface area contributed by atoms with E-state index in [0.717, 1.165) is 17.4 Å². The van der Waals surface area contributed by atoms with Crippen LogP contribution in [0.5, 0.6) is 11.5 Å². The van der Waals surface area contributed by atoms with Crippen molar-refractivity contribution in [2.24, 2.45) is 0 Å². The minimum Gasteiger partial charge on any atom is -0.490 e. The molecule has 0 aliphatic carbocycles. The highest BCUT2D eigenvalue weighted by atomic mass is 32.2. The molecule has 3 aromatic rings. The van der Waals surface area contributed by atoms with Gasteiger partial charge >= 0.3 is 0 Å². The molecule has 0 radical (unpaired) electrons. The minimum absolute atomic E-state index is 0.0264. The van der Waals surface area contributed by atoms with Gasteiger partial charge in [0.25, 0.3) is 5.91 Å². The third-order valence-corrected chi connectivity index (χ3v) is 6.91. The first-order chi connectivity index (χ1) is 16.2. The number of nitrogens with one attached hydrogen (secondary N) is 1. The predicted octanol–water partition coefficient (Wildman–Crippen LogP) is 3.77. The molecule has 2 aromatic carbocycles. The Labute approximate surface area is 201 Å². The van der Waals surface area contributed by atoms with Crippen LogP contribution in [0.15, 0.2) is 52.4 Å². The molecule has 1 N–H and O–H groups in total. The number of hydrogen-bond acceptors (Lipinski definition) is 9. The molecule has 0 bridgehead atoms. The van der Waals surface area contributed by atoms with Gasteiger partial charge in [0, 0.05) is 6.26 Å². The van der Waals surface area contributed by atoms with Gasteiger partial charge in [-0.1, -0.05) is 47.2 Å². The Hall–Kier alpha value is -3.75. The van der Waals surface area contributed by atoms with Crippen LogP contribution in [0.3, 0.4) is 0 Å². The van der Waals surface area contributed by atoms with Crippen LogP contribution in [0.2, 0.25) is 0 Å². The summed E-state index contributed by atoms with van der Waals surface area (Å²) in [5.41, 5.74) is 2.52. The summed E-state index contributed by atoms with van der Waals surface area (Å²) in [5, 5.41) is 19.0. The lowest BCUT2D eigenvalue weighted by Crippen LogP contribution is -2.13. The number of carbonyl (C=O) groups is 1. The number of nitriles is 1. The van der Waals surface area contributed by atoms with Crippen molar-refractivity contribution < 1.29 is 22.7 Å². The van der Waals surface area contributed by atoms with Gasteiger partial charge in [-0.15, -0.1) is 10.2 Å². The molecule has 0 aliphatic rings. The molecule has 1 heterocycles. The standard InChI is InChI=1S/C23H22N4O5S2/c1-4-31-20-12-17(9-10-19(20)32-14-16-7-5-15(2)6-8-16)11-18(13-24)21(28)25-22-26-27-23(33-22)34(3,29)30/h5-12H,4,14H2,1-3H3,(H,25,26,28)/b18-11-. The molecular formula is C23H22N4O5S2. The molecular weight excluding hydrogens is 476 g/mol. The number of benzene rings is 2. The van der Waals surface area contributed by atoms with Crippen LogP contribution in [0.25, 0.3) is 6.08 Å². The van der Waals surface area contributed by atoms with Crippen molar-refractivity contribution in [2.45, 2.75) is 24.8 Å². The van der Waals surface area contributed by atoms with E-state index >= 15 is 0 Å². The van der Waals surface area contributed by atoms with Crippen molar-refractivity contribution in [1.29, 1.82) is 5.26 Å². The van der Waals surface area contributed by atoms with E-state index in [-0.39, 0.29) is 15.0 Å². The largest absolute Gasteiger partial charge is 0.490 e. The second kappa shape index (κ2) is 10.9. The van der Waals surface area contributed by atoms with E-state index < -0.39 is 15.7 Å². The number of carbonyl (C=O) groups excluding carboxylic acids is 1. The molecule has 3 rings (SSSR count). The van der Waals surface area contributed by atoms with Crippen LogP contribution in [0.4, 0.5) is 5.13 Å². The highest BCUT2D eigenvalue weighted by molar-refractivity contribution is 7.92. The van der Waals surface area contributed by atoms with Gasteiger partial charge in [-0.25, -0.2) is 8.42 Å². The topological polar surface area (TPSA) is 131 Å². The van der Waals surface area contributed by atoms with Gasteiger partial charge in [0.2, 0.25) is 19.3 Å². The van der Waals surface area contributed by atoms with E-state index in [2.05, 4.69) is 15.5 Å². The maximum absolute atomic E-state index is 12.5. The fraction of sp³-hybridized carbons (Fsp3) is 0.217. The molecule has 0 aliphatic heterocycles. The number of ether oxygens (including phenoxy) is 2. The second-order valence-corrected chi connectivity index (χ2v) is 10.3. The van der Waals surface area contributed by atoms with Gasteiger partial charge in [0.05, 0.1) is 6.61 Å². The fourth-order valence-electron chi connectivity index (χ4n) is 2.74. The quantitative estimate of drug-likeness (QED) is 0.268. The Morgan fingerprint density at radius 2 is 1.88 bits per heavy atom. The first kappa shape index (κ1) is 24.9. The normalized spacial score (nSPS) is 11.5. The van der Waals surface area contributed by atoms with Gasteiger partial charge in [-0.3, -0.25) is 10.1 Å². The Morgan fingerprint density at radius 3 is 2.50 bits per heavy atom. The Morgan fingerprint density at radius 1 is 1.15 bits per heavy atom. The molecule has 0 atom stereocenters. The summed E-state index contributed by atoms with van der Waals surface area (Å²) in [4.78, 5) is 12.5. The van der Waals surface area contributed by atoms with Crippen molar-refractivity contribution in [1.82, 2.24) is 10.2 Å². The molecule has 34 heavy (non-hydrogen) atoms. The summed E-state index contributed by atoms with van der Waals surface area (Å²) < 4.78 is 34.4. The maximum atomic E-state index is 12.5. The summed E-state index contributed by atoms with van der Waals surface area (Å²) in [6.07, 6.45) is 2.38. The number of aryl methyl sites for hydroxylation is 1. The molecule has 0 unspecified atom stereocenters. The predicted molar refractivity (Wildman–Crippen MR) is 128 cm³/mol. The van der Waals surface area contributed by atoms with Crippen LogP contribution < -0.4 is 14.8 Å². The molecule has 0 saturated heterocycles. The minimum atomic E-state index is -3.54. The summed E-state index contributed by atoms with van der Waals surface area (Å²) in [6.45, 7) is 4.62. The van der Waals surface area contributed by atoms with Crippen LogP contribution in [0, 0.1) is 18.3 Å². The SMILES string of the molecule is CCOc1cc(/C=C(/C#N)C(=O)Nc2nnc(S(C)(=O)=O)s2)ccc1OCc1ccc(C)cc1. The van der Waals surface area contributed by atoms with Gasteiger partial charge < -0.3 is 9.47 Å². The molecule has 11 heteroatoms. The highest BCUT2D eigenvalue weighted by Gasteiger charge is 2.18. The molecule has 0 fully saturated rings. The maximum Gasteiger partial charge on any atom is 0.268 e. The average molecular weight is 499 g/mol. The van der Waals surface area contributed by atoms with Gasteiger partial charge in [-0.05, 0) is 43.2 Å². The Balaban J connectivity index is 1.77. The van der Waals surface area contributed by atoms with Gasteiger partial charge in [0.15, 0.2) is 11.5 Å². The van der Waals surface area contributed by atoms with Crippen LogP contribution in [-0.2, 0) is 21.2 Å². The first-order valence-electron chi connectivity index (χ1n) is 10.1. The zero-order valence-electron chi connectivity index (χ0n) is 18.7. The van der Waals surface area contributed by atoms with Crippen molar-refractivity contribution in [3.8, 4) is 17.6 Å². The number of nitrogens with zero attached hydrogens (tertiary/aromatic N) is 3. The molecule has 0 spiro atoms. The molecule has 9 nitrogen and oxygen atoms in total. The van der Waals surface area contributed by atoms with Crippen molar-refractivity contribution >= 4 is 38.3 Å². The number of hydrogen-bond donors (Lipinski definition) is 1. The Kier molecular flexibility index (Phi) is 7.99. The summed E-state index contributed by atoms with van der Waals surface area (Å²) in [6, 6.07) is 14.9. The zero-order chi connectivity index (χ0) is 24.7. The van der Waals surface area contributed by atoms with Crippen LogP contribution in [-0.4, -0.2) is 37.4 Å². The number of rotatable bonds is 9. The molecule has 176 valence electrons. The summed E-state index contributed by atoms with van der Waals surface area (Å²) >= 11 is 0.702. The van der Waals surface area contributed by atoms with Gasteiger partial charge in [0.1, 0.15) is 18.2 Å². The average Bonchev–Trinajstić information content (AvgIpc) is 3.27. The lowest BCUT2D eigenvalue weighted by Gasteiger charge is -2.13. The highest BCUT2D eigenvalue weighted by Crippen LogP contribution is 2.30. The summed E-state index contributed by atoms with van der Waals surface area (Å²) in [7, 11) is -3.54. The molecule has 1 aromatic heterocycles. The van der Waals surface area contributed by atoms with Crippen LogP contribution >= 0.6 is 11.3 Å². The zero-order valence-corrected chi connectivity index (χ0v) is 20.4. The third kappa shape index (κ3) is 6.63. The van der Waals surface area contributed by atoms with Crippen molar-refractivity contribution in [3.05, 3.63) is 64.7 Å². The first-order valence-corrected chi connectivity index (χ1v) is 12.8. The monoisotopic (exact) mass is 498 g/mol. The smallest absolute Gasteiger partial charge is 0.268 e. The lowest BCUT2D eigenvalue weighted by molar-refractivity contribution is -0.112. The third-order valence-electron chi connectivity index (χ3n) is 4.40. The number of amides is 1. The van der Waals surface area contributed by atoms with Crippen molar-refractivity contribution in [2.75, 3.05) is 18.2 Å². The van der Waals surface area contributed by atoms with E-state index in [4.69, 9.17) is 9.47 Å².